The second-order valence-electron chi connectivity index (χ2n) is 5.15. The van der Waals surface area contributed by atoms with Crippen molar-refractivity contribution in [2.45, 2.75) is 35.1 Å². The van der Waals surface area contributed by atoms with Gasteiger partial charge in [-0.25, -0.2) is 4.79 Å². The first-order chi connectivity index (χ1) is 9.56. The first-order valence-corrected chi connectivity index (χ1v) is 7.40. The molecular weight excluding hydrogens is 278 g/mol. The van der Waals surface area contributed by atoms with Crippen molar-refractivity contribution in [2.24, 2.45) is 0 Å². The molecule has 106 valence electrons. The van der Waals surface area contributed by atoms with Gasteiger partial charge >= 0.3 is 5.97 Å². The molecule has 2 N–H and O–H groups in total. The fraction of sp³-hybridized carbons (Fsp3) is 0.429. The lowest BCUT2D eigenvalue weighted by atomic mass is 10.1. The van der Waals surface area contributed by atoms with Crippen LogP contribution in [0.5, 0.6) is 0 Å². The van der Waals surface area contributed by atoms with Crippen LogP contribution in [0.25, 0.3) is 0 Å². The maximum Gasteiger partial charge on any atom is 0.326 e. The molecule has 6 heteroatoms. The normalized spacial score (nSPS) is 28.4. The molecule has 2 aliphatic rings. The Labute approximate surface area is 120 Å². The number of carbonyl (C=O) groups is 2. The second-order valence-corrected chi connectivity index (χ2v) is 6.40. The van der Waals surface area contributed by atoms with E-state index in [1.807, 2.05) is 24.3 Å². The molecule has 0 radical (unpaired) electrons. The van der Waals surface area contributed by atoms with E-state index >= 15 is 0 Å². The maximum atomic E-state index is 12.5. The van der Waals surface area contributed by atoms with Gasteiger partial charge in [0.25, 0.3) is 0 Å². The van der Waals surface area contributed by atoms with Crippen molar-refractivity contribution < 1.29 is 19.8 Å². The lowest BCUT2D eigenvalue weighted by Crippen LogP contribution is -2.44. The molecule has 0 saturated carbocycles. The Kier molecular flexibility index (Phi) is 3.43. The molecule has 0 aromatic heterocycles. The number of aliphatic hydroxyl groups is 1. The fourth-order valence-corrected chi connectivity index (χ4v) is 4.06. The summed E-state index contributed by atoms with van der Waals surface area (Å²) in [7, 11) is 0. The van der Waals surface area contributed by atoms with Gasteiger partial charge in [0.05, 0.1) is 11.4 Å². The van der Waals surface area contributed by atoms with Crippen LogP contribution < -0.4 is 0 Å². The summed E-state index contributed by atoms with van der Waals surface area (Å²) in [5.74, 6) is -1.23. The molecule has 1 aromatic carbocycles. The smallest absolute Gasteiger partial charge is 0.326 e. The van der Waals surface area contributed by atoms with E-state index < -0.39 is 18.1 Å². The van der Waals surface area contributed by atoms with E-state index in [2.05, 4.69) is 0 Å². The molecule has 2 aliphatic heterocycles. The van der Waals surface area contributed by atoms with Crippen molar-refractivity contribution in [3.05, 3.63) is 29.8 Å². The van der Waals surface area contributed by atoms with E-state index in [1.54, 1.807) is 0 Å². The van der Waals surface area contributed by atoms with E-state index in [9.17, 15) is 14.7 Å². The first-order valence-electron chi connectivity index (χ1n) is 6.52. The molecule has 1 amide bonds. The molecule has 1 fully saturated rings. The van der Waals surface area contributed by atoms with Gasteiger partial charge in [0.2, 0.25) is 5.91 Å². The van der Waals surface area contributed by atoms with Crippen molar-refractivity contribution in [3.8, 4) is 0 Å². The van der Waals surface area contributed by atoms with Gasteiger partial charge in [0, 0.05) is 17.9 Å². The third-order valence-electron chi connectivity index (χ3n) is 3.77. The van der Waals surface area contributed by atoms with Crippen LogP contribution in [0, 0.1) is 0 Å². The minimum Gasteiger partial charge on any atom is -0.480 e. The van der Waals surface area contributed by atoms with Crippen LogP contribution in [0.15, 0.2) is 29.2 Å². The number of aliphatic hydroxyl groups excluding tert-OH is 1. The highest BCUT2D eigenvalue weighted by Gasteiger charge is 2.42. The Morgan fingerprint density at radius 1 is 1.30 bits per heavy atom. The van der Waals surface area contributed by atoms with Gasteiger partial charge in [0.15, 0.2) is 0 Å². The zero-order chi connectivity index (χ0) is 14.3. The van der Waals surface area contributed by atoms with Crippen LogP contribution in [0.2, 0.25) is 0 Å². The van der Waals surface area contributed by atoms with Gasteiger partial charge in [-0.3, -0.25) is 4.79 Å². The number of β-amino-alcohol motifs (C(OH)–C–C–N with tert-alkyl or cyclic N) is 1. The average molecular weight is 293 g/mol. The Bertz CT molecular complexity index is 537. The number of thioether (sulfide) groups is 1. The number of hydrogen-bond acceptors (Lipinski definition) is 4. The highest BCUT2D eigenvalue weighted by Crippen LogP contribution is 2.38. The molecule has 3 atom stereocenters. The van der Waals surface area contributed by atoms with Gasteiger partial charge in [0.1, 0.15) is 6.04 Å². The molecule has 0 spiro atoms. The van der Waals surface area contributed by atoms with Crippen LogP contribution in [-0.4, -0.2) is 50.9 Å². The van der Waals surface area contributed by atoms with E-state index in [0.29, 0.717) is 6.42 Å². The van der Waals surface area contributed by atoms with Crippen LogP contribution >= 0.6 is 11.8 Å². The summed E-state index contributed by atoms with van der Waals surface area (Å²) in [4.78, 5) is 26.1. The molecular formula is C14H15NO4S. The fourth-order valence-electron chi connectivity index (χ4n) is 2.80. The number of amides is 1. The minimum absolute atomic E-state index is 0.114. The number of likely N-dealkylation sites (tertiary alicyclic amines) is 1. The Balaban J connectivity index is 1.76. The van der Waals surface area contributed by atoms with Crippen LogP contribution in [0.3, 0.4) is 0 Å². The third-order valence-corrected chi connectivity index (χ3v) is 5.07. The van der Waals surface area contributed by atoms with E-state index in [0.717, 1.165) is 10.5 Å². The summed E-state index contributed by atoms with van der Waals surface area (Å²) >= 11 is 1.48. The number of hydrogen-bond donors (Lipinski definition) is 2. The van der Waals surface area contributed by atoms with Crippen molar-refractivity contribution in [3.63, 3.8) is 0 Å². The van der Waals surface area contributed by atoms with Crippen LogP contribution in [0.4, 0.5) is 0 Å². The Hall–Kier alpha value is -1.53. The maximum absolute atomic E-state index is 12.5. The Morgan fingerprint density at radius 2 is 2.05 bits per heavy atom. The molecule has 0 aliphatic carbocycles. The summed E-state index contributed by atoms with van der Waals surface area (Å²) in [5, 5.41) is 18.5. The quantitative estimate of drug-likeness (QED) is 0.841. The molecule has 3 rings (SSSR count). The highest BCUT2D eigenvalue weighted by molar-refractivity contribution is 8.01. The van der Waals surface area contributed by atoms with Crippen molar-refractivity contribution in [1.29, 1.82) is 0 Å². The number of carboxylic acids is 1. The van der Waals surface area contributed by atoms with Gasteiger partial charge in [-0.15, -0.1) is 11.8 Å². The minimum atomic E-state index is -1.05. The molecule has 2 heterocycles. The predicted octanol–water partition coefficient (Wildman–Crippen LogP) is 0.750. The number of benzene rings is 1. The monoisotopic (exact) mass is 293 g/mol. The highest BCUT2D eigenvalue weighted by atomic mass is 32.2. The molecule has 0 bridgehead atoms. The Morgan fingerprint density at radius 3 is 2.75 bits per heavy atom. The summed E-state index contributed by atoms with van der Waals surface area (Å²) < 4.78 is 0. The number of aliphatic carboxylic acids is 1. The van der Waals surface area contributed by atoms with Crippen LogP contribution in [-0.2, 0) is 16.0 Å². The summed E-state index contributed by atoms with van der Waals surface area (Å²) in [6.07, 6.45) is -0.00173. The number of rotatable bonds is 2. The van der Waals surface area contributed by atoms with E-state index in [-0.39, 0.29) is 24.1 Å². The first kappa shape index (κ1) is 13.5. The van der Waals surface area contributed by atoms with Gasteiger partial charge < -0.3 is 15.1 Å². The molecule has 1 aromatic rings. The lowest BCUT2D eigenvalue weighted by molar-refractivity contribution is -0.148. The summed E-state index contributed by atoms with van der Waals surface area (Å²) in [6.45, 7) is 0.114. The summed E-state index contributed by atoms with van der Waals surface area (Å²) in [5.41, 5.74) is 1.13. The van der Waals surface area contributed by atoms with Crippen molar-refractivity contribution in [1.82, 2.24) is 4.90 Å². The van der Waals surface area contributed by atoms with E-state index in [4.69, 9.17) is 5.11 Å². The SMILES string of the molecule is O=C(O)[C@@H]1C[C@@H](O)CN1C(=O)C1Cc2ccccc2S1. The topological polar surface area (TPSA) is 77.8 Å². The number of carboxylic acid groups (broad SMARTS) is 1. The van der Waals surface area contributed by atoms with E-state index in [1.165, 1.54) is 16.7 Å². The average Bonchev–Trinajstić information content (AvgIpc) is 3.01. The summed E-state index contributed by atoms with van der Waals surface area (Å²) in [6, 6.07) is 6.93. The standard InChI is InChI=1S/C14H15NO4S/c16-9-6-10(14(18)19)15(7-9)13(17)12-5-8-3-1-2-4-11(8)20-12/h1-4,9-10,12,16H,5-7H2,(H,18,19)/t9-,10+,12?/m1/s1. The molecule has 1 unspecified atom stereocenters. The predicted molar refractivity (Wildman–Crippen MR) is 73.6 cm³/mol. The zero-order valence-corrected chi connectivity index (χ0v) is 11.5. The molecule has 5 nitrogen and oxygen atoms in total. The zero-order valence-electron chi connectivity index (χ0n) is 10.7. The van der Waals surface area contributed by atoms with Gasteiger partial charge in [-0.2, -0.15) is 0 Å². The van der Waals surface area contributed by atoms with Crippen molar-refractivity contribution in [2.75, 3.05) is 6.54 Å². The molecule has 1 saturated heterocycles. The van der Waals surface area contributed by atoms with Gasteiger partial charge in [-0.1, -0.05) is 18.2 Å². The third kappa shape index (κ3) is 2.29. The number of carbonyl (C=O) groups excluding carboxylic acids is 1. The number of nitrogens with zero attached hydrogens (tertiary/aromatic N) is 1. The van der Waals surface area contributed by atoms with Crippen molar-refractivity contribution >= 4 is 23.6 Å². The largest absolute Gasteiger partial charge is 0.480 e. The van der Waals surface area contributed by atoms with Crippen LogP contribution in [0.1, 0.15) is 12.0 Å². The second kappa shape index (κ2) is 5.10. The lowest BCUT2D eigenvalue weighted by Gasteiger charge is -2.23. The number of fused-ring (bicyclic) bond motifs is 1. The van der Waals surface area contributed by atoms with Gasteiger partial charge in [-0.05, 0) is 18.1 Å². The molecule has 20 heavy (non-hydrogen) atoms.